The van der Waals surface area contributed by atoms with Crippen LogP contribution in [0.1, 0.15) is 25.0 Å². The van der Waals surface area contributed by atoms with Crippen LogP contribution in [0.4, 0.5) is 0 Å². The molecule has 1 aromatic heterocycles. The van der Waals surface area contributed by atoms with Crippen LogP contribution in [0, 0.1) is 0 Å². The molecule has 0 saturated heterocycles. The van der Waals surface area contributed by atoms with Gasteiger partial charge in [-0.2, -0.15) is 0 Å². The first-order chi connectivity index (χ1) is 13.9. The summed E-state index contributed by atoms with van der Waals surface area (Å²) < 4.78 is 29.5. The van der Waals surface area contributed by atoms with Crippen molar-refractivity contribution in [2.45, 2.75) is 25.3 Å². The molecule has 154 valence electrons. The molecule has 0 N–H and O–H groups in total. The lowest BCUT2D eigenvalue weighted by molar-refractivity contribution is 0.219. The summed E-state index contributed by atoms with van der Waals surface area (Å²) in [6.07, 6.45) is 0.181. The fourth-order valence-electron chi connectivity index (χ4n) is 3.07. The van der Waals surface area contributed by atoms with E-state index in [4.69, 9.17) is 25.1 Å². The minimum absolute atomic E-state index is 0.123. The van der Waals surface area contributed by atoms with Gasteiger partial charge in [0.25, 0.3) is 0 Å². The van der Waals surface area contributed by atoms with Gasteiger partial charge in [0, 0.05) is 15.9 Å². The second kappa shape index (κ2) is 9.59. The Hall–Kier alpha value is -1.43. The molecule has 3 rings (SSSR count). The number of hydrogen-bond acceptors (Lipinski definition) is 5. The molecule has 3 aromatic rings. The highest BCUT2D eigenvalue weighted by Gasteiger charge is 2.24. The molecule has 8 heteroatoms. The van der Waals surface area contributed by atoms with Crippen molar-refractivity contribution in [3.63, 3.8) is 0 Å². The van der Waals surface area contributed by atoms with Crippen molar-refractivity contribution in [2.24, 2.45) is 0 Å². The van der Waals surface area contributed by atoms with Crippen LogP contribution < -0.4 is 5.43 Å². The molecule has 0 aliphatic rings. The minimum atomic E-state index is -3.18. The summed E-state index contributed by atoms with van der Waals surface area (Å²) in [7, 11) is -3.18. The molecule has 1 heterocycles. The highest BCUT2D eigenvalue weighted by Crippen LogP contribution is 2.51. The summed E-state index contributed by atoms with van der Waals surface area (Å²) in [5.41, 5.74) is 2.43. The molecule has 0 saturated carbocycles. The first-order valence-corrected chi connectivity index (χ1v) is 12.4. The number of fused-ring (bicyclic) bond motifs is 1. The standard InChI is InChI=1S/C21H21BrClO5P/c1-3-26-29(25,27-4-2)13-14-5-7-15(8-6-14)21-18(12-22)20(24)17-11-16(23)9-10-19(17)28-21/h5-11H,3-4,12-13H2,1-2H3. The SMILES string of the molecule is CCOP(=O)(Cc1ccc(-c2oc3ccc(Cl)cc3c(=O)c2CBr)cc1)OCC. The predicted molar refractivity (Wildman–Crippen MR) is 120 cm³/mol. The van der Waals surface area contributed by atoms with Crippen LogP contribution in [0.3, 0.4) is 0 Å². The van der Waals surface area contributed by atoms with E-state index in [1.807, 2.05) is 24.3 Å². The summed E-state index contributed by atoms with van der Waals surface area (Å²) in [6, 6.07) is 12.3. The maximum atomic E-state index is 12.9. The zero-order valence-electron chi connectivity index (χ0n) is 16.1. The minimum Gasteiger partial charge on any atom is -0.455 e. The van der Waals surface area contributed by atoms with Gasteiger partial charge in [0.05, 0.1) is 30.3 Å². The Balaban J connectivity index is 1.99. The number of alkyl halides is 1. The van der Waals surface area contributed by atoms with E-state index < -0.39 is 7.60 Å². The lowest BCUT2D eigenvalue weighted by Crippen LogP contribution is -2.09. The molecular formula is C21H21BrClO5P. The summed E-state index contributed by atoms with van der Waals surface area (Å²) in [6.45, 7) is 4.20. The molecule has 0 radical (unpaired) electrons. The van der Waals surface area contributed by atoms with Crippen LogP contribution >= 0.6 is 35.1 Å². The third-order valence-electron chi connectivity index (χ3n) is 4.32. The van der Waals surface area contributed by atoms with Gasteiger partial charge in [-0.05, 0) is 37.6 Å². The number of hydrogen-bond donors (Lipinski definition) is 0. The number of halogens is 2. The maximum Gasteiger partial charge on any atom is 0.335 e. The summed E-state index contributed by atoms with van der Waals surface area (Å²) in [5.74, 6) is 0.492. The van der Waals surface area contributed by atoms with E-state index in [0.717, 1.165) is 11.1 Å². The normalized spacial score (nSPS) is 11.9. The Kier molecular flexibility index (Phi) is 7.36. The van der Waals surface area contributed by atoms with E-state index in [0.29, 0.717) is 45.9 Å². The average Bonchev–Trinajstić information content (AvgIpc) is 2.69. The Morgan fingerprint density at radius 1 is 1.07 bits per heavy atom. The summed E-state index contributed by atoms with van der Waals surface area (Å²) >= 11 is 9.41. The zero-order valence-corrected chi connectivity index (χ0v) is 19.4. The van der Waals surface area contributed by atoms with Crippen molar-refractivity contribution in [1.29, 1.82) is 0 Å². The maximum absolute atomic E-state index is 12.9. The van der Waals surface area contributed by atoms with Gasteiger partial charge >= 0.3 is 7.60 Å². The predicted octanol–water partition coefficient (Wildman–Crippen LogP) is 6.77. The van der Waals surface area contributed by atoms with E-state index in [2.05, 4.69) is 15.9 Å². The lowest BCUT2D eigenvalue weighted by Gasteiger charge is -2.17. The van der Waals surface area contributed by atoms with Crippen LogP contribution in [0.2, 0.25) is 5.02 Å². The molecular weight excluding hydrogens is 479 g/mol. The molecule has 2 aromatic carbocycles. The van der Waals surface area contributed by atoms with Crippen molar-refractivity contribution in [3.8, 4) is 11.3 Å². The molecule has 0 fully saturated rings. The Morgan fingerprint density at radius 3 is 2.31 bits per heavy atom. The van der Waals surface area contributed by atoms with Gasteiger partial charge in [0.1, 0.15) is 11.3 Å². The van der Waals surface area contributed by atoms with Crippen LogP contribution in [0.15, 0.2) is 51.7 Å². The van der Waals surface area contributed by atoms with Crippen molar-refractivity contribution in [2.75, 3.05) is 13.2 Å². The fraction of sp³-hybridized carbons (Fsp3) is 0.286. The third kappa shape index (κ3) is 5.01. The van der Waals surface area contributed by atoms with Gasteiger partial charge in [0.2, 0.25) is 0 Å². The summed E-state index contributed by atoms with van der Waals surface area (Å²) in [4.78, 5) is 12.9. The van der Waals surface area contributed by atoms with Crippen LogP contribution in [0.5, 0.6) is 0 Å². The highest BCUT2D eigenvalue weighted by molar-refractivity contribution is 9.08. The van der Waals surface area contributed by atoms with Crippen molar-refractivity contribution in [1.82, 2.24) is 0 Å². The van der Waals surface area contributed by atoms with Gasteiger partial charge in [-0.25, -0.2) is 0 Å². The Labute approximate surface area is 182 Å². The van der Waals surface area contributed by atoms with Crippen molar-refractivity contribution < 1.29 is 18.0 Å². The second-order valence-electron chi connectivity index (χ2n) is 6.31. The zero-order chi connectivity index (χ0) is 21.0. The second-order valence-corrected chi connectivity index (χ2v) is 9.37. The first-order valence-electron chi connectivity index (χ1n) is 9.19. The molecule has 0 unspecified atom stereocenters. The van der Waals surface area contributed by atoms with Crippen LogP contribution in [-0.2, 0) is 25.1 Å². The van der Waals surface area contributed by atoms with Gasteiger partial charge in [-0.3, -0.25) is 9.36 Å². The van der Waals surface area contributed by atoms with E-state index in [1.165, 1.54) is 0 Å². The molecule has 0 atom stereocenters. The van der Waals surface area contributed by atoms with Crippen LogP contribution in [0.25, 0.3) is 22.3 Å². The molecule has 5 nitrogen and oxygen atoms in total. The van der Waals surface area contributed by atoms with Gasteiger partial charge < -0.3 is 13.5 Å². The largest absolute Gasteiger partial charge is 0.455 e. The van der Waals surface area contributed by atoms with Gasteiger partial charge in [-0.1, -0.05) is 51.8 Å². The highest BCUT2D eigenvalue weighted by atomic mass is 79.9. The third-order valence-corrected chi connectivity index (χ3v) is 7.18. The lowest BCUT2D eigenvalue weighted by atomic mass is 10.0. The van der Waals surface area contributed by atoms with E-state index >= 15 is 0 Å². The Morgan fingerprint density at radius 2 is 1.72 bits per heavy atom. The smallest absolute Gasteiger partial charge is 0.335 e. The van der Waals surface area contributed by atoms with Crippen LogP contribution in [-0.4, -0.2) is 13.2 Å². The van der Waals surface area contributed by atoms with E-state index in [-0.39, 0.29) is 11.6 Å². The van der Waals surface area contributed by atoms with Crippen molar-refractivity contribution >= 4 is 46.1 Å². The molecule has 0 aliphatic carbocycles. The monoisotopic (exact) mass is 498 g/mol. The van der Waals surface area contributed by atoms with E-state index in [1.54, 1.807) is 32.0 Å². The average molecular weight is 500 g/mol. The van der Waals surface area contributed by atoms with E-state index in [9.17, 15) is 9.36 Å². The summed E-state index contributed by atoms with van der Waals surface area (Å²) in [5, 5.41) is 1.27. The fourth-order valence-corrected chi connectivity index (χ4v) is 5.45. The molecule has 29 heavy (non-hydrogen) atoms. The first kappa shape index (κ1) is 22.3. The van der Waals surface area contributed by atoms with Gasteiger partial charge in [0.15, 0.2) is 5.43 Å². The number of rotatable bonds is 8. The molecule has 0 amide bonds. The van der Waals surface area contributed by atoms with Crippen molar-refractivity contribution in [3.05, 3.63) is 68.8 Å². The topological polar surface area (TPSA) is 65.7 Å². The van der Waals surface area contributed by atoms with Gasteiger partial charge in [-0.15, -0.1) is 0 Å². The quantitative estimate of drug-likeness (QED) is 0.253. The number of benzene rings is 2. The molecule has 0 spiro atoms. The molecule has 0 bridgehead atoms. The Bertz CT molecular complexity index is 1100. The molecule has 0 aliphatic heterocycles.